The van der Waals surface area contributed by atoms with Crippen molar-refractivity contribution in [3.63, 3.8) is 0 Å². The summed E-state index contributed by atoms with van der Waals surface area (Å²) in [5, 5.41) is 24.9. The van der Waals surface area contributed by atoms with Gasteiger partial charge in [-0.25, -0.2) is 0 Å². The molecule has 0 radical (unpaired) electrons. The number of hydrogen-bond acceptors (Lipinski definition) is 4. The maximum atomic E-state index is 11.1. The van der Waals surface area contributed by atoms with Crippen LogP contribution in [0, 0.1) is 0 Å². The molecule has 0 bridgehead atoms. The minimum absolute atomic E-state index is 0.265. The van der Waals surface area contributed by atoms with Gasteiger partial charge in [0.05, 0.1) is 12.6 Å². The number of benzene rings is 2. The number of aliphatic hydroxyl groups is 2. The normalized spacial score (nSPS) is 13.5. The SMILES string of the molecule is [N-]=[N+]=NCC(O)C(O)c1c(C=O)ccc2ccccc12. The molecule has 2 unspecified atom stereocenters. The first-order valence-electron chi connectivity index (χ1n) is 6.03. The van der Waals surface area contributed by atoms with Gasteiger partial charge in [-0.3, -0.25) is 4.79 Å². The Morgan fingerprint density at radius 1 is 1.25 bits per heavy atom. The summed E-state index contributed by atoms with van der Waals surface area (Å²) >= 11 is 0. The minimum Gasteiger partial charge on any atom is -0.390 e. The van der Waals surface area contributed by atoms with Crippen LogP contribution in [0.25, 0.3) is 21.2 Å². The number of hydrogen-bond donors (Lipinski definition) is 2. The van der Waals surface area contributed by atoms with E-state index in [2.05, 4.69) is 10.0 Å². The predicted octanol–water partition coefficient (Wildman–Crippen LogP) is 2.36. The van der Waals surface area contributed by atoms with Crippen LogP contribution in [0.3, 0.4) is 0 Å². The standard InChI is InChI=1S/C14H13N3O3/c15-17-16-7-12(19)14(20)13-10(8-18)6-5-9-3-1-2-4-11(9)13/h1-6,8,12,14,19-20H,7H2. The lowest BCUT2D eigenvalue weighted by atomic mass is 9.93. The molecule has 0 amide bonds. The van der Waals surface area contributed by atoms with Crippen LogP contribution in [0.15, 0.2) is 41.5 Å². The molecular formula is C14H13N3O3. The highest BCUT2D eigenvalue weighted by Crippen LogP contribution is 2.29. The third-order valence-corrected chi connectivity index (χ3v) is 3.12. The van der Waals surface area contributed by atoms with E-state index in [9.17, 15) is 15.0 Å². The maximum absolute atomic E-state index is 11.1. The van der Waals surface area contributed by atoms with E-state index in [-0.39, 0.29) is 6.54 Å². The quantitative estimate of drug-likeness (QED) is 0.377. The lowest BCUT2D eigenvalue weighted by molar-refractivity contribution is 0.0249. The fourth-order valence-corrected chi connectivity index (χ4v) is 2.16. The fraction of sp³-hybridized carbons (Fsp3) is 0.214. The highest BCUT2D eigenvalue weighted by Gasteiger charge is 2.22. The molecule has 6 heteroatoms. The molecule has 102 valence electrons. The average molecular weight is 271 g/mol. The van der Waals surface area contributed by atoms with Gasteiger partial charge in [-0.15, -0.1) is 0 Å². The summed E-state index contributed by atoms with van der Waals surface area (Å²) in [5.41, 5.74) is 8.90. The van der Waals surface area contributed by atoms with Crippen molar-refractivity contribution in [3.05, 3.63) is 58.0 Å². The van der Waals surface area contributed by atoms with Crippen LogP contribution in [0.4, 0.5) is 0 Å². The Kier molecular flexibility index (Phi) is 4.32. The van der Waals surface area contributed by atoms with Crippen molar-refractivity contribution < 1.29 is 15.0 Å². The number of azide groups is 1. The Balaban J connectivity index is 2.55. The van der Waals surface area contributed by atoms with Crippen LogP contribution in [0.5, 0.6) is 0 Å². The molecule has 20 heavy (non-hydrogen) atoms. The molecule has 0 heterocycles. The van der Waals surface area contributed by atoms with Gasteiger partial charge in [0, 0.05) is 16.0 Å². The summed E-state index contributed by atoms with van der Waals surface area (Å²) in [7, 11) is 0. The number of rotatable bonds is 5. The molecule has 0 saturated heterocycles. The molecule has 0 saturated carbocycles. The Morgan fingerprint density at radius 3 is 2.70 bits per heavy atom. The van der Waals surface area contributed by atoms with Crippen molar-refractivity contribution in [2.75, 3.05) is 6.54 Å². The Bertz CT molecular complexity index is 680. The molecule has 0 fully saturated rings. The number of aliphatic hydroxyl groups excluding tert-OH is 2. The van der Waals surface area contributed by atoms with Crippen LogP contribution >= 0.6 is 0 Å². The van der Waals surface area contributed by atoms with Crippen molar-refractivity contribution in [3.8, 4) is 0 Å². The first-order valence-corrected chi connectivity index (χ1v) is 6.03. The van der Waals surface area contributed by atoms with Crippen LogP contribution in [0.2, 0.25) is 0 Å². The molecule has 2 aromatic carbocycles. The topological polar surface area (TPSA) is 106 Å². The van der Waals surface area contributed by atoms with Gasteiger partial charge in [0.25, 0.3) is 0 Å². The second-order valence-corrected chi connectivity index (χ2v) is 4.33. The zero-order chi connectivity index (χ0) is 14.5. The second-order valence-electron chi connectivity index (χ2n) is 4.33. The first-order chi connectivity index (χ1) is 9.69. The molecule has 0 spiro atoms. The first kappa shape index (κ1) is 14.0. The van der Waals surface area contributed by atoms with Gasteiger partial charge in [-0.05, 0) is 16.3 Å². The van der Waals surface area contributed by atoms with Crippen LogP contribution in [-0.4, -0.2) is 29.1 Å². The third-order valence-electron chi connectivity index (χ3n) is 3.12. The summed E-state index contributed by atoms with van der Waals surface area (Å²) in [6, 6.07) is 10.6. The predicted molar refractivity (Wildman–Crippen MR) is 74.3 cm³/mol. The van der Waals surface area contributed by atoms with Gasteiger partial charge in [-0.1, -0.05) is 41.5 Å². The van der Waals surface area contributed by atoms with Gasteiger partial charge >= 0.3 is 0 Å². The maximum Gasteiger partial charge on any atom is 0.150 e. The molecule has 2 rings (SSSR count). The third kappa shape index (κ3) is 2.62. The number of carbonyl (C=O) groups excluding carboxylic acids is 1. The molecule has 2 atom stereocenters. The van der Waals surface area contributed by atoms with Crippen LogP contribution in [-0.2, 0) is 0 Å². The molecule has 2 aromatic rings. The van der Waals surface area contributed by atoms with Gasteiger partial charge in [0.15, 0.2) is 0 Å². The lowest BCUT2D eigenvalue weighted by Gasteiger charge is -2.20. The summed E-state index contributed by atoms with van der Waals surface area (Å²) in [6.07, 6.45) is -1.94. The van der Waals surface area contributed by atoms with E-state index in [1.807, 2.05) is 12.1 Å². The summed E-state index contributed by atoms with van der Waals surface area (Å²) in [6.45, 7) is -0.265. The monoisotopic (exact) mass is 271 g/mol. The Hall–Kier alpha value is -2.40. The van der Waals surface area contributed by atoms with Crippen molar-refractivity contribution in [1.82, 2.24) is 0 Å². The Morgan fingerprint density at radius 2 is 2.00 bits per heavy atom. The van der Waals surface area contributed by atoms with Crippen LogP contribution in [0.1, 0.15) is 22.0 Å². The highest BCUT2D eigenvalue weighted by atomic mass is 16.3. The average Bonchev–Trinajstić information content (AvgIpc) is 2.50. The number of carbonyl (C=O) groups is 1. The Labute approximate surface area is 114 Å². The molecule has 2 N–H and O–H groups in total. The zero-order valence-corrected chi connectivity index (χ0v) is 10.5. The molecule has 0 aliphatic heterocycles. The fourth-order valence-electron chi connectivity index (χ4n) is 2.16. The largest absolute Gasteiger partial charge is 0.390 e. The van der Waals surface area contributed by atoms with E-state index >= 15 is 0 Å². The van der Waals surface area contributed by atoms with Crippen LogP contribution < -0.4 is 0 Å². The zero-order valence-electron chi connectivity index (χ0n) is 10.5. The molecular weight excluding hydrogens is 258 g/mol. The van der Waals surface area contributed by atoms with E-state index in [4.69, 9.17) is 5.53 Å². The molecule has 0 aliphatic carbocycles. The van der Waals surface area contributed by atoms with E-state index < -0.39 is 12.2 Å². The van der Waals surface area contributed by atoms with Gasteiger partial charge in [0.1, 0.15) is 12.4 Å². The number of fused-ring (bicyclic) bond motifs is 1. The highest BCUT2D eigenvalue weighted by molar-refractivity contribution is 5.93. The molecule has 6 nitrogen and oxygen atoms in total. The minimum atomic E-state index is -1.30. The molecule has 0 aromatic heterocycles. The van der Waals surface area contributed by atoms with Crippen molar-refractivity contribution in [2.24, 2.45) is 5.11 Å². The number of nitrogens with zero attached hydrogens (tertiary/aromatic N) is 3. The van der Waals surface area contributed by atoms with E-state index in [1.165, 1.54) is 0 Å². The number of aldehydes is 1. The van der Waals surface area contributed by atoms with Crippen molar-refractivity contribution >= 4 is 17.1 Å². The van der Waals surface area contributed by atoms with E-state index in [1.54, 1.807) is 24.3 Å². The smallest absolute Gasteiger partial charge is 0.150 e. The van der Waals surface area contributed by atoms with E-state index in [0.717, 1.165) is 5.39 Å². The summed E-state index contributed by atoms with van der Waals surface area (Å²) in [5.74, 6) is 0. The van der Waals surface area contributed by atoms with Crippen molar-refractivity contribution in [2.45, 2.75) is 12.2 Å². The summed E-state index contributed by atoms with van der Waals surface area (Å²) in [4.78, 5) is 13.7. The molecule has 0 aliphatic rings. The van der Waals surface area contributed by atoms with Gasteiger partial charge < -0.3 is 10.2 Å². The van der Waals surface area contributed by atoms with E-state index in [0.29, 0.717) is 22.8 Å². The lowest BCUT2D eigenvalue weighted by Crippen LogP contribution is -2.22. The van der Waals surface area contributed by atoms with Gasteiger partial charge in [-0.2, -0.15) is 0 Å². The van der Waals surface area contributed by atoms with Gasteiger partial charge in [0.2, 0.25) is 0 Å². The summed E-state index contributed by atoms with van der Waals surface area (Å²) < 4.78 is 0. The second kappa shape index (κ2) is 6.16. The van der Waals surface area contributed by atoms with Crippen molar-refractivity contribution in [1.29, 1.82) is 0 Å².